The molecule has 0 spiro atoms. The fourth-order valence-electron chi connectivity index (χ4n) is 1.21. The highest BCUT2D eigenvalue weighted by atomic mass is 79.9. The van der Waals surface area contributed by atoms with Crippen molar-refractivity contribution in [3.8, 4) is 0 Å². The van der Waals surface area contributed by atoms with Gasteiger partial charge in [-0.1, -0.05) is 33.2 Å². The molecule has 0 N–H and O–H groups in total. The third kappa shape index (κ3) is 2.39. The Hall–Kier alpha value is -1.42. The largest absolute Gasteiger partial charge is 0.336 e. The van der Waals surface area contributed by atoms with Crippen molar-refractivity contribution in [2.75, 3.05) is 0 Å². The van der Waals surface area contributed by atoms with Gasteiger partial charge in [-0.2, -0.15) is 0 Å². The maximum absolute atomic E-state index is 5.08. The monoisotopic (exact) mass is 278 g/mol. The summed E-state index contributed by atoms with van der Waals surface area (Å²) in [7, 11) is 0. The number of rotatable bonds is 2. The van der Waals surface area contributed by atoms with E-state index in [2.05, 4.69) is 26.1 Å². The van der Waals surface area contributed by atoms with E-state index in [0.29, 0.717) is 5.88 Å². The first-order chi connectivity index (χ1) is 7.66. The van der Waals surface area contributed by atoms with Gasteiger partial charge in [0.25, 0.3) is 5.88 Å². The maximum Gasteiger partial charge on any atom is 0.253 e. The molecule has 1 aromatic heterocycles. The Labute approximate surface area is 102 Å². The second-order valence-corrected chi connectivity index (χ2v) is 4.42. The summed E-state index contributed by atoms with van der Waals surface area (Å²) in [4.78, 5) is 4.26. The van der Waals surface area contributed by atoms with Gasteiger partial charge < -0.3 is 4.52 Å². The van der Waals surface area contributed by atoms with Gasteiger partial charge in [0.05, 0.1) is 5.69 Å². The minimum atomic E-state index is 0.570. The van der Waals surface area contributed by atoms with Gasteiger partial charge in [-0.3, -0.25) is 0 Å². The molecule has 82 valence electrons. The van der Waals surface area contributed by atoms with E-state index in [1.807, 2.05) is 38.1 Å². The van der Waals surface area contributed by atoms with Gasteiger partial charge in [0.15, 0.2) is 0 Å². The highest BCUT2D eigenvalue weighted by molar-refractivity contribution is 9.10. The molecule has 0 saturated carbocycles. The van der Waals surface area contributed by atoms with Crippen molar-refractivity contribution in [2.24, 2.45) is 4.99 Å². The molecule has 1 aromatic carbocycles. The molecule has 4 heteroatoms. The van der Waals surface area contributed by atoms with Crippen molar-refractivity contribution in [1.29, 1.82) is 0 Å². The summed E-state index contributed by atoms with van der Waals surface area (Å²) >= 11 is 3.38. The van der Waals surface area contributed by atoms with Crippen molar-refractivity contribution >= 4 is 28.0 Å². The molecule has 0 radical (unpaired) electrons. The summed E-state index contributed by atoms with van der Waals surface area (Å²) < 4.78 is 6.14. The SMILES string of the molecule is Cc1noc(N=Cc2ccc(Br)cc2)c1C. The van der Waals surface area contributed by atoms with E-state index < -0.39 is 0 Å². The van der Waals surface area contributed by atoms with Gasteiger partial charge in [-0.05, 0) is 31.5 Å². The summed E-state index contributed by atoms with van der Waals surface area (Å²) in [5.74, 6) is 0.570. The first-order valence-electron chi connectivity index (χ1n) is 4.89. The Morgan fingerprint density at radius 2 is 1.94 bits per heavy atom. The second-order valence-electron chi connectivity index (χ2n) is 3.51. The van der Waals surface area contributed by atoms with E-state index in [4.69, 9.17) is 4.52 Å². The van der Waals surface area contributed by atoms with Crippen LogP contribution < -0.4 is 0 Å². The molecule has 2 rings (SSSR count). The number of halogens is 1. The lowest BCUT2D eigenvalue weighted by molar-refractivity contribution is 0.425. The predicted molar refractivity (Wildman–Crippen MR) is 67.4 cm³/mol. The Morgan fingerprint density at radius 1 is 1.25 bits per heavy atom. The Balaban J connectivity index is 2.21. The van der Waals surface area contributed by atoms with Crippen molar-refractivity contribution < 1.29 is 4.52 Å². The lowest BCUT2D eigenvalue weighted by atomic mass is 10.2. The summed E-state index contributed by atoms with van der Waals surface area (Å²) in [6.07, 6.45) is 1.76. The fourth-order valence-corrected chi connectivity index (χ4v) is 1.47. The third-order valence-electron chi connectivity index (χ3n) is 2.33. The molecule has 0 atom stereocenters. The van der Waals surface area contributed by atoms with E-state index >= 15 is 0 Å². The van der Waals surface area contributed by atoms with Crippen LogP contribution in [0, 0.1) is 13.8 Å². The van der Waals surface area contributed by atoms with E-state index in [-0.39, 0.29) is 0 Å². The van der Waals surface area contributed by atoms with Crippen LogP contribution in [0.3, 0.4) is 0 Å². The van der Waals surface area contributed by atoms with Crippen LogP contribution in [-0.4, -0.2) is 11.4 Å². The summed E-state index contributed by atoms with van der Waals surface area (Å²) in [5, 5.41) is 3.85. The minimum absolute atomic E-state index is 0.570. The average Bonchev–Trinajstić information content (AvgIpc) is 2.60. The molecule has 2 aromatic rings. The number of benzene rings is 1. The van der Waals surface area contributed by atoms with Gasteiger partial charge in [0.2, 0.25) is 0 Å². The first-order valence-corrected chi connectivity index (χ1v) is 5.68. The zero-order chi connectivity index (χ0) is 11.5. The van der Waals surface area contributed by atoms with Crippen LogP contribution in [0.5, 0.6) is 0 Å². The number of aliphatic imine (C=N–C) groups is 1. The Kier molecular flexibility index (Phi) is 3.19. The second kappa shape index (κ2) is 4.61. The number of hydrogen-bond donors (Lipinski definition) is 0. The van der Waals surface area contributed by atoms with Crippen LogP contribution in [0.4, 0.5) is 5.88 Å². The zero-order valence-electron chi connectivity index (χ0n) is 9.07. The standard InChI is InChI=1S/C12H11BrN2O/c1-8-9(2)15-16-12(8)14-7-10-3-5-11(13)6-4-10/h3-7H,1-2H3. The zero-order valence-corrected chi connectivity index (χ0v) is 10.7. The highest BCUT2D eigenvalue weighted by Gasteiger charge is 2.05. The Morgan fingerprint density at radius 3 is 2.50 bits per heavy atom. The average molecular weight is 279 g/mol. The molecule has 3 nitrogen and oxygen atoms in total. The van der Waals surface area contributed by atoms with Gasteiger partial charge in [-0.15, -0.1) is 0 Å². The number of nitrogens with zero attached hydrogens (tertiary/aromatic N) is 2. The van der Waals surface area contributed by atoms with Crippen molar-refractivity contribution in [1.82, 2.24) is 5.16 Å². The van der Waals surface area contributed by atoms with Crippen LogP contribution in [0.15, 0.2) is 38.3 Å². The molecule has 0 aliphatic carbocycles. The third-order valence-corrected chi connectivity index (χ3v) is 2.86. The van der Waals surface area contributed by atoms with Crippen LogP contribution >= 0.6 is 15.9 Å². The lowest BCUT2D eigenvalue weighted by Crippen LogP contribution is -1.79. The number of hydrogen-bond acceptors (Lipinski definition) is 3. The maximum atomic E-state index is 5.08. The summed E-state index contributed by atoms with van der Waals surface area (Å²) in [5.41, 5.74) is 2.88. The highest BCUT2D eigenvalue weighted by Crippen LogP contribution is 2.20. The molecule has 0 bridgehead atoms. The number of aryl methyl sites for hydroxylation is 1. The van der Waals surface area contributed by atoms with Gasteiger partial charge in [-0.25, -0.2) is 4.99 Å². The lowest BCUT2D eigenvalue weighted by Gasteiger charge is -1.92. The van der Waals surface area contributed by atoms with E-state index in [9.17, 15) is 0 Å². The van der Waals surface area contributed by atoms with Crippen molar-refractivity contribution in [3.63, 3.8) is 0 Å². The minimum Gasteiger partial charge on any atom is -0.336 e. The Bertz CT molecular complexity index is 514. The normalized spacial score (nSPS) is 11.2. The molecule has 0 fully saturated rings. The smallest absolute Gasteiger partial charge is 0.253 e. The molecule has 0 aliphatic rings. The first kappa shape index (κ1) is 11.1. The summed E-state index contributed by atoms with van der Waals surface area (Å²) in [6, 6.07) is 7.90. The number of aromatic nitrogens is 1. The molecular formula is C12H11BrN2O. The van der Waals surface area contributed by atoms with Crippen molar-refractivity contribution in [3.05, 3.63) is 45.6 Å². The van der Waals surface area contributed by atoms with Crippen LogP contribution in [0.2, 0.25) is 0 Å². The molecule has 0 unspecified atom stereocenters. The van der Waals surface area contributed by atoms with E-state index in [1.165, 1.54) is 0 Å². The molecule has 0 saturated heterocycles. The van der Waals surface area contributed by atoms with Crippen molar-refractivity contribution in [2.45, 2.75) is 13.8 Å². The van der Waals surface area contributed by atoms with Crippen LogP contribution in [0.1, 0.15) is 16.8 Å². The fraction of sp³-hybridized carbons (Fsp3) is 0.167. The van der Waals surface area contributed by atoms with E-state index in [1.54, 1.807) is 6.21 Å². The quantitative estimate of drug-likeness (QED) is 0.784. The van der Waals surface area contributed by atoms with Gasteiger partial charge in [0, 0.05) is 16.3 Å². The summed E-state index contributed by atoms with van der Waals surface area (Å²) in [6.45, 7) is 3.84. The predicted octanol–water partition coefficient (Wildman–Crippen LogP) is 3.80. The molecule has 0 amide bonds. The molecule has 16 heavy (non-hydrogen) atoms. The van der Waals surface area contributed by atoms with Gasteiger partial charge in [0.1, 0.15) is 0 Å². The molecule has 1 heterocycles. The molecule has 0 aliphatic heterocycles. The topological polar surface area (TPSA) is 38.4 Å². The van der Waals surface area contributed by atoms with Crippen LogP contribution in [-0.2, 0) is 0 Å². The molecular weight excluding hydrogens is 268 g/mol. The van der Waals surface area contributed by atoms with Gasteiger partial charge >= 0.3 is 0 Å². The van der Waals surface area contributed by atoms with Crippen LogP contribution in [0.25, 0.3) is 0 Å². The van der Waals surface area contributed by atoms with E-state index in [0.717, 1.165) is 21.3 Å².